The lowest BCUT2D eigenvalue weighted by atomic mass is 9.64. The first-order valence-corrected chi connectivity index (χ1v) is 23.6. The summed E-state index contributed by atoms with van der Waals surface area (Å²) in [5.41, 5.74) is 4.00. The van der Waals surface area contributed by atoms with Gasteiger partial charge in [0.25, 0.3) is 0 Å². The molecule has 2 nitrogen and oxygen atoms in total. The van der Waals surface area contributed by atoms with Crippen LogP contribution in [0, 0.1) is 10.8 Å². The number of aliphatic imine (C=N–C) groups is 2. The standard InChI is InChI=1S/C48H50N2Si2/c1-47(2)35-36-48(3,4)46(50-42-32-20-22-34-44(42)52(6,39-27-15-9-16-28-39)40-29-17-10-18-30-40)45(47)49-41-31-19-21-33-43(41)51(5,37-23-11-7-12-24-37)38-25-13-8-14-26-38/h7-34H,35-36H2,1-6H3. The Morgan fingerprint density at radius 3 is 0.904 bits per heavy atom. The highest BCUT2D eigenvalue weighted by molar-refractivity contribution is 7.12. The van der Waals surface area contributed by atoms with Crippen LogP contribution in [0.4, 0.5) is 11.4 Å². The molecule has 0 radical (unpaired) electrons. The first-order valence-electron chi connectivity index (χ1n) is 18.6. The molecule has 6 aromatic carbocycles. The van der Waals surface area contributed by atoms with Crippen LogP contribution < -0.4 is 31.1 Å². The lowest BCUT2D eigenvalue weighted by molar-refractivity contribution is 0.347. The maximum absolute atomic E-state index is 5.80. The van der Waals surface area contributed by atoms with Crippen molar-refractivity contribution in [3.05, 3.63) is 170 Å². The molecule has 7 rings (SSSR count). The van der Waals surface area contributed by atoms with Crippen molar-refractivity contribution in [3.63, 3.8) is 0 Å². The van der Waals surface area contributed by atoms with Crippen LogP contribution in [0.25, 0.3) is 0 Å². The smallest absolute Gasteiger partial charge is 0.148 e. The molecule has 1 fully saturated rings. The van der Waals surface area contributed by atoms with Gasteiger partial charge >= 0.3 is 0 Å². The summed E-state index contributed by atoms with van der Waals surface area (Å²) in [4.78, 5) is 11.6. The van der Waals surface area contributed by atoms with Gasteiger partial charge in [-0.05, 0) is 56.1 Å². The Bertz CT molecular complexity index is 1970. The molecule has 0 atom stereocenters. The van der Waals surface area contributed by atoms with Gasteiger partial charge in [-0.1, -0.05) is 199 Å². The van der Waals surface area contributed by atoms with Crippen LogP contribution in [-0.2, 0) is 0 Å². The van der Waals surface area contributed by atoms with Crippen LogP contribution >= 0.6 is 0 Å². The minimum absolute atomic E-state index is 0.159. The first kappa shape index (κ1) is 35.5. The van der Waals surface area contributed by atoms with Gasteiger partial charge in [0, 0.05) is 10.8 Å². The van der Waals surface area contributed by atoms with E-state index in [9.17, 15) is 0 Å². The minimum Gasteiger partial charge on any atom is -0.251 e. The Morgan fingerprint density at radius 1 is 0.365 bits per heavy atom. The third kappa shape index (κ3) is 6.51. The van der Waals surface area contributed by atoms with Gasteiger partial charge in [-0.25, -0.2) is 0 Å². The molecule has 6 aromatic rings. The third-order valence-corrected chi connectivity index (χ3v) is 20.6. The number of nitrogens with zero attached hydrogens (tertiary/aromatic N) is 2. The van der Waals surface area contributed by atoms with Gasteiger partial charge < -0.3 is 0 Å². The predicted molar refractivity (Wildman–Crippen MR) is 231 cm³/mol. The SMILES string of the molecule is CC1(C)CCC(C)(C)C(=Nc2ccccc2[Si](C)(c2ccccc2)c2ccccc2)C1=Nc1ccccc1[Si](C)(c1ccccc1)c1ccccc1. The van der Waals surface area contributed by atoms with Crippen molar-refractivity contribution in [3.8, 4) is 0 Å². The van der Waals surface area contributed by atoms with Gasteiger partial charge in [0.15, 0.2) is 0 Å². The first-order chi connectivity index (χ1) is 25.0. The van der Waals surface area contributed by atoms with Crippen molar-refractivity contribution in [2.24, 2.45) is 20.8 Å². The second kappa shape index (κ2) is 14.3. The van der Waals surface area contributed by atoms with E-state index in [2.05, 4.69) is 211 Å². The summed E-state index contributed by atoms with van der Waals surface area (Å²) in [6.07, 6.45) is 2.10. The van der Waals surface area contributed by atoms with E-state index in [0.29, 0.717) is 0 Å². The maximum atomic E-state index is 5.80. The lowest BCUT2D eigenvalue weighted by Gasteiger charge is -2.42. The number of hydrogen-bond acceptors (Lipinski definition) is 2. The zero-order chi connectivity index (χ0) is 36.4. The number of rotatable bonds is 8. The van der Waals surface area contributed by atoms with Crippen molar-refractivity contribution in [2.75, 3.05) is 0 Å². The summed E-state index contributed by atoms with van der Waals surface area (Å²) >= 11 is 0. The second-order valence-electron chi connectivity index (χ2n) is 15.9. The van der Waals surface area contributed by atoms with E-state index in [1.54, 1.807) is 0 Å². The Morgan fingerprint density at radius 2 is 0.615 bits per heavy atom. The number of hydrogen-bond donors (Lipinski definition) is 0. The summed E-state index contributed by atoms with van der Waals surface area (Å²) in [5, 5.41) is 8.17. The highest BCUT2D eigenvalue weighted by Gasteiger charge is 2.44. The average Bonchev–Trinajstić information content (AvgIpc) is 3.19. The molecule has 0 aromatic heterocycles. The number of para-hydroxylation sites is 2. The van der Waals surface area contributed by atoms with Gasteiger partial charge in [-0.3, -0.25) is 9.98 Å². The Balaban J connectivity index is 1.46. The highest BCUT2D eigenvalue weighted by Crippen LogP contribution is 2.43. The normalized spacial score (nSPS) is 17.3. The minimum atomic E-state index is -2.44. The van der Waals surface area contributed by atoms with E-state index in [-0.39, 0.29) is 10.8 Å². The van der Waals surface area contributed by atoms with Gasteiger partial charge in [0.2, 0.25) is 0 Å². The second-order valence-corrected chi connectivity index (χ2v) is 23.8. The average molecular weight is 711 g/mol. The van der Waals surface area contributed by atoms with Crippen LogP contribution in [0.2, 0.25) is 13.1 Å². The zero-order valence-corrected chi connectivity index (χ0v) is 33.5. The van der Waals surface area contributed by atoms with Crippen molar-refractivity contribution in [1.29, 1.82) is 0 Å². The van der Waals surface area contributed by atoms with Gasteiger partial charge in [0.05, 0.1) is 22.8 Å². The fourth-order valence-electron chi connectivity index (χ4n) is 8.18. The molecule has 0 saturated heterocycles. The predicted octanol–water partition coefficient (Wildman–Crippen LogP) is 8.58. The summed E-state index contributed by atoms with van der Waals surface area (Å²) < 4.78 is 0. The summed E-state index contributed by atoms with van der Waals surface area (Å²) in [5.74, 6) is 0. The van der Waals surface area contributed by atoms with Crippen LogP contribution in [0.3, 0.4) is 0 Å². The fraction of sp³-hybridized carbons (Fsp3) is 0.208. The Kier molecular flexibility index (Phi) is 9.73. The van der Waals surface area contributed by atoms with Gasteiger partial charge in [-0.15, -0.1) is 0 Å². The van der Waals surface area contributed by atoms with Crippen molar-refractivity contribution in [1.82, 2.24) is 0 Å². The molecule has 52 heavy (non-hydrogen) atoms. The third-order valence-electron chi connectivity index (χ3n) is 11.6. The molecule has 0 bridgehead atoms. The van der Waals surface area contributed by atoms with Crippen LogP contribution in [0.15, 0.2) is 180 Å². The molecule has 0 heterocycles. The van der Waals surface area contributed by atoms with Gasteiger partial charge in [0.1, 0.15) is 16.1 Å². The molecule has 260 valence electrons. The summed E-state index contributed by atoms with van der Waals surface area (Å²) in [7, 11) is -4.87. The van der Waals surface area contributed by atoms with Crippen molar-refractivity contribution >= 4 is 70.1 Å². The molecule has 4 heteroatoms. The Hall–Kier alpha value is -4.91. The maximum Gasteiger partial charge on any atom is 0.148 e. The summed E-state index contributed by atoms with van der Waals surface area (Å²) in [6, 6.07) is 62.1. The van der Waals surface area contributed by atoms with E-state index in [4.69, 9.17) is 9.98 Å². The van der Waals surface area contributed by atoms with E-state index in [1.807, 2.05) is 0 Å². The van der Waals surface area contributed by atoms with Crippen LogP contribution in [-0.4, -0.2) is 27.6 Å². The van der Waals surface area contributed by atoms with E-state index < -0.39 is 16.1 Å². The summed E-state index contributed by atoms with van der Waals surface area (Å²) in [6.45, 7) is 14.4. The van der Waals surface area contributed by atoms with Crippen LogP contribution in [0.5, 0.6) is 0 Å². The van der Waals surface area contributed by atoms with E-state index >= 15 is 0 Å². The van der Waals surface area contributed by atoms with E-state index in [1.165, 1.54) is 31.1 Å². The van der Waals surface area contributed by atoms with E-state index in [0.717, 1.165) is 35.6 Å². The molecule has 0 aliphatic heterocycles. The van der Waals surface area contributed by atoms with Crippen molar-refractivity contribution < 1.29 is 0 Å². The fourth-order valence-corrected chi connectivity index (χ4v) is 15.7. The zero-order valence-electron chi connectivity index (χ0n) is 31.5. The molecule has 1 saturated carbocycles. The molecule has 0 unspecified atom stereocenters. The van der Waals surface area contributed by atoms with Gasteiger partial charge in [-0.2, -0.15) is 0 Å². The molecule has 0 spiro atoms. The Labute approximate surface area is 313 Å². The van der Waals surface area contributed by atoms with Crippen molar-refractivity contribution in [2.45, 2.75) is 53.6 Å². The monoisotopic (exact) mass is 710 g/mol. The number of benzene rings is 6. The molecule has 1 aliphatic rings. The molecular formula is C48H50N2Si2. The molecule has 0 amide bonds. The molecule has 1 aliphatic carbocycles. The highest BCUT2D eigenvalue weighted by atomic mass is 28.3. The molecular weight excluding hydrogens is 661 g/mol. The largest absolute Gasteiger partial charge is 0.251 e. The molecule has 0 N–H and O–H groups in total. The van der Waals surface area contributed by atoms with Crippen LogP contribution in [0.1, 0.15) is 40.5 Å². The topological polar surface area (TPSA) is 24.7 Å². The quantitative estimate of drug-likeness (QED) is 0.112. The lowest BCUT2D eigenvalue weighted by Crippen LogP contribution is -2.65.